The maximum absolute atomic E-state index is 13.4. The van der Waals surface area contributed by atoms with Crippen LogP contribution in [0.25, 0.3) is 0 Å². The summed E-state index contributed by atoms with van der Waals surface area (Å²) in [6.45, 7) is 1.44. The Kier molecular flexibility index (Phi) is 5.72. The SMILES string of the molecule is CN(C)C(=O)[C@]1(c2ccccn2)CCCN1Cc1cccc(Oc2ncccn2)c1. The number of carbonyl (C=O) groups excluding carboxylic acids is 1. The Bertz CT molecular complexity index is 997. The van der Waals surface area contributed by atoms with Gasteiger partial charge in [-0.25, -0.2) is 9.97 Å². The van der Waals surface area contributed by atoms with Crippen molar-refractivity contribution in [2.75, 3.05) is 20.6 Å². The maximum Gasteiger partial charge on any atom is 0.321 e. The highest BCUT2D eigenvalue weighted by Crippen LogP contribution is 2.40. The van der Waals surface area contributed by atoms with Gasteiger partial charge in [-0.15, -0.1) is 0 Å². The lowest BCUT2D eigenvalue weighted by atomic mass is 9.89. The second-order valence-corrected chi connectivity index (χ2v) is 7.58. The van der Waals surface area contributed by atoms with Gasteiger partial charge >= 0.3 is 6.01 Å². The average molecular weight is 403 g/mol. The molecule has 4 rings (SSSR count). The van der Waals surface area contributed by atoms with Gasteiger partial charge in [0.25, 0.3) is 0 Å². The Labute approximate surface area is 176 Å². The Morgan fingerprint density at radius 3 is 2.60 bits per heavy atom. The van der Waals surface area contributed by atoms with Crippen molar-refractivity contribution in [1.82, 2.24) is 24.8 Å². The molecule has 0 N–H and O–H groups in total. The van der Waals surface area contributed by atoms with Crippen molar-refractivity contribution in [3.8, 4) is 11.8 Å². The van der Waals surface area contributed by atoms with Crippen LogP contribution in [0.1, 0.15) is 24.1 Å². The second-order valence-electron chi connectivity index (χ2n) is 7.58. The Morgan fingerprint density at radius 1 is 1.07 bits per heavy atom. The fourth-order valence-electron chi connectivity index (χ4n) is 4.08. The molecule has 3 heterocycles. The van der Waals surface area contributed by atoms with E-state index in [1.807, 2.05) is 42.5 Å². The molecule has 3 aromatic rings. The summed E-state index contributed by atoms with van der Waals surface area (Å²) >= 11 is 0. The zero-order valence-electron chi connectivity index (χ0n) is 17.2. The van der Waals surface area contributed by atoms with Crippen molar-refractivity contribution >= 4 is 5.91 Å². The first-order valence-electron chi connectivity index (χ1n) is 10.0. The number of carbonyl (C=O) groups is 1. The van der Waals surface area contributed by atoms with E-state index < -0.39 is 5.54 Å². The van der Waals surface area contributed by atoms with Gasteiger partial charge < -0.3 is 9.64 Å². The van der Waals surface area contributed by atoms with Crippen LogP contribution >= 0.6 is 0 Å². The molecule has 0 unspecified atom stereocenters. The minimum atomic E-state index is -0.760. The van der Waals surface area contributed by atoms with E-state index in [2.05, 4.69) is 19.9 Å². The monoisotopic (exact) mass is 403 g/mol. The molecule has 7 nitrogen and oxygen atoms in total. The summed E-state index contributed by atoms with van der Waals surface area (Å²) in [6, 6.07) is 15.7. The van der Waals surface area contributed by atoms with E-state index in [0.717, 1.165) is 30.6 Å². The zero-order valence-corrected chi connectivity index (χ0v) is 17.2. The van der Waals surface area contributed by atoms with Gasteiger partial charge in [-0.05, 0) is 55.3 Å². The summed E-state index contributed by atoms with van der Waals surface area (Å²) in [7, 11) is 3.61. The molecular formula is C23H25N5O2. The van der Waals surface area contributed by atoms with Crippen LogP contribution in [0.15, 0.2) is 67.1 Å². The summed E-state index contributed by atoms with van der Waals surface area (Å²) in [6.07, 6.45) is 6.72. The highest BCUT2D eigenvalue weighted by molar-refractivity contribution is 5.87. The first-order valence-corrected chi connectivity index (χ1v) is 10.0. The molecule has 1 aliphatic rings. The minimum Gasteiger partial charge on any atom is -0.424 e. The largest absolute Gasteiger partial charge is 0.424 e. The van der Waals surface area contributed by atoms with E-state index in [1.165, 1.54) is 0 Å². The fraction of sp³-hybridized carbons (Fsp3) is 0.304. The number of likely N-dealkylation sites (N-methyl/N-ethyl adjacent to an activating group) is 1. The predicted molar refractivity (Wildman–Crippen MR) is 113 cm³/mol. The molecule has 0 saturated carbocycles. The van der Waals surface area contributed by atoms with Crippen molar-refractivity contribution in [3.05, 3.63) is 78.4 Å². The predicted octanol–water partition coefficient (Wildman–Crippen LogP) is 3.24. The summed E-state index contributed by atoms with van der Waals surface area (Å²) < 4.78 is 5.78. The number of pyridine rings is 1. The lowest BCUT2D eigenvalue weighted by Gasteiger charge is -2.38. The lowest BCUT2D eigenvalue weighted by molar-refractivity contribution is -0.141. The summed E-state index contributed by atoms with van der Waals surface area (Å²) in [5, 5.41) is 0. The smallest absolute Gasteiger partial charge is 0.321 e. The van der Waals surface area contributed by atoms with E-state index in [-0.39, 0.29) is 5.91 Å². The number of rotatable bonds is 6. The number of ether oxygens (including phenoxy) is 1. The molecule has 1 amide bonds. The van der Waals surface area contributed by atoms with Crippen molar-refractivity contribution < 1.29 is 9.53 Å². The number of hydrogen-bond donors (Lipinski definition) is 0. The van der Waals surface area contributed by atoms with Crippen LogP contribution in [0.4, 0.5) is 0 Å². The Hall–Kier alpha value is -3.32. The lowest BCUT2D eigenvalue weighted by Crippen LogP contribution is -2.52. The van der Waals surface area contributed by atoms with Crippen molar-refractivity contribution in [2.45, 2.75) is 24.9 Å². The van der Waals surface area contributed by atoms with Gasteiger partial charge in [0.1, 0.15) is 11.3 Å². The molecule has 7 heteroatoms. The van der Waals surface area contributed by atoms with Crippen LogP contribution < -0.4 is 4.74 Å². The molecule has 0 aliphatic carbocycles. The molecular weight excluding hydrogens is 378 g/mol. The highest BCUT2D eigenvalue weighted by atomic mass is 16.5. The van der Waals surface area contributed by atoms with Crippen LogP contribution in [-0.4, -0.2) is 51.3 Å². The number of aromatic nitrogens is 3. The number of benzene rings is 1. The summed E-state index contributed by atoms with van der Waals surface area (Å²) in [5.41, 5.74) is 1.09. The quantitative estimate of drug-likeness (QED) is 0.629. The molecule has 0 radical (unpaired) electrons. The van der Waals surface area contributed by atoms with Crippen LogP contribution in [0.5, 0.6) is 11.8 Å². The van der Waals surface area contributed by atoms with Crippen LogP contribution in [0.2, 0.25) is 0 Å². The Balaban J connectivity index is 1.63. The van der Waals surface area contributed by atoms with E-state index in [1.54, 1.807) is 43.7 Å². The highest BCUT2D eigenvalue weighted by Gasteiger charge is 2.50. The molecule has 1 atom stereocenters. The number of likely N-dealkylation sites (tertiary alicyclic amines) is 1. The topological polar surface area (TPSA) is 71.5 Å². The second kappa shape index (κ2) is 8.59. The van der Waals surface area contributed by atoms with Crippen molar-refractivity contribution in [3.63, 3.8) is 0 Å². The van der Waals surface area contributed by atoms with Gasteiger partial charge in [0, 0.05) is 39.2 Å². The molecule has 2 aromatic heterocycles. The maximum atomic E-state index is 13.4. The first-order chi connectivity index (χ1) is 14.6. The van der Waals surface area contributed by atoms with Gasteiger partial charge in [0.05, 0.1) is 5.69 Å². The third-order valence-corrected chi connectivity index (χ3v) is 5.38. The Morgan fingerprint density at radius 2 is 1.87 bits per heavy atom. The van der Waals surface area contributed by atoms with Gasteiger partial charge in [0.2, 0.25) is 5.91 Å². The molecule has 154 valence electrons. The molecule has 1 aromatic carbocycles. The normalized spacial score (nSPS) is 18.9. The van der Waals surface area contributed by atoms with E-state index in [9.17, 15) is 4.79 Å². The third kappa shape index (κ3) is 3.89. The van der Waals surface area contributed by atoms with Crippen LogP contribution in [0, 0.1) is 0 Å². The summed E-state index contributed by atoms with van der Waals surface area (Å²) in [4.78, 5) is 30.1. The van der Waals surface area contributed by atoms with E-state index in [0.29, 0.717) is 18.3 Å². The number of hydrogen-bond acceptors (Lipinski definition) is 6. The van der Waals surface area contributed by atoms with Crippen LogP contribution in [-0.2, 0) is 16.9 Å². The van der Waals surface area contributed by atoms with Crippen molar-refractivity contribution in [2.24, 2.45) is 0 Å². The standard InChI is InChI=1S/C23H25N5O2/c1-27(2)21(29)23(20-10-3-4-12-24-20)11-6-15-28(23)17-18-8-5-9-19(16-18)30-22-25-13-7-14-26-22/h3-5,7-10,12-14,16H,6,11,15,17H2,1-2H3/t23-/m1/s1. The zero-order chi connectivity index (χ0) is 21.0. The van der Waals surface area contributed by atoms with Gasteiger partial charge in [-0.1, -0.05) is 18.2 Å². The van der Waals surface area contributed by atoms with E-state index >= 15 is 0 Å². The van der Waals surface area contributed by atoms with Gasteiger partial charge in [-0.3, -0.25) is 14.7 Å². The molecule has 1 saturated heterocycles. The minimum absolute atomic E-state index is 0.0591. The first kappa shape index (κ1) is 20.0. The van der Waals surface area contributed by atoms with Gasteiger partial charge in [0.15, 0.2) is 0 Å². The van der Waals surface area contributed by atoms with Gasteiger partial charge in [-0.2, -0.15) is 0 Å². The third-order valence-electron chi connectivity index (χ3n) is 5.38. The van der Waals surface area contributed by atoms with Crippen molar-refractivity contribution in [1.29, 1.82) is 0 Å². The molecule has 0 bridgehead atoms. The number of amides is 1. The van der Waals surface area contributed by atoms with E-state index in [4.69, 9.17) is 4.74 Å². The molecule has 1 fully saturated rings. The number of nitrogens with zero attached hydrogens (tertiary/aromatic N) is 5. The molecule has 0 spiro atoms. The fourth-order valence-corrected chi connectivity index (χ4v) is 4.08. The average Bonchev–Trinajstić information content (AvgIpc) is 3.19. The molecule has 1 aliphatic heterocycles. The summed E-state index contributed by atoms with van der Waals surface area (Å²) in [5.74, 6) is 0.726. The molecule has 30 heavy (non-hydrogen) atoms. The van der Waals surface area contributed by atoms with Crippen LogP contribution in [0.3, 0.4) is 0 Å².